The smallest absolute Gasteiger partial charge is 0.354 e. The van der Waals surface area contributed by atoms with Crippen LogP contribution in [-0.4, -0.2) is 42.0 Å². The highest BCUT2D eigenvalue weighted by Gasteiger charge is 2.16. The summed E-state index contributed by atoms with van der Waals surface area (Å²) >= 11 is 0. The highest BCUT2D eigenvalue weighted by Crippen LogP contribution is 2.20. The van der Waals surface area contributed by atoms with Gasteiger partial charge in [0, 0.05) is 12.4 Å². The van der Waals surface area contributed by atoms with Crippen LogP contribution < -0.4 is 10.6 Å². The molecule has 7 heteroatoms. The standard InChI is InChI=1S/C17H18N4O3/c1-18-16(22)10-3-5-12(6-4-10)20-13-7-11-8-14(17(23)24-2)21-15(11)19-9-13/h3-10,12,20H,1-2H3,(H,18,22)(H,19,21). The molecule has 1 aliphatic carbocycles. The number of H-pyrrole nitrogens is 1. The van der Waals surface area contributed by atoms with Crippen LogP contribution in [0.2, 0.25) is 0 Å². The second-order valence-corrected chi connectivity index (χ2v) is 5.42. The summed E-state index contributed by atoms with van der Waals surface area (Å²) in [6.45, 7) is 0. The fraction of sp³-hybridized carbons (Fsp3) is 0.235. The largest absolute Gasteiger partial charge is 0.464 e. The molecule has 24 heavy (non-hydrogen) atoms. The molecule has 0 bridgehead atoms. The fourth-order valence-corrected chi connectivity index (χ4v) is 2.55. The Morgan fingerprint density at radius 1 is 1.21 bits per heavy atom. The van der Waals surface area contributed by atoms with Crippen molar-refractivity contribution in [2.24, 2.45) is 5.92 Å². The van der Waals surface area contributed by atoms with E-state index in [1.165, 1.54) is 7.11 Å². The summed E-state index contributed by atoms with van der Waals surface area (Å²) in [5.41, 5.74) is 1.80. The van der Waals surface area contributed by atoms with Gasteiger partial charge in [-0.05, 0) is 12.1 Å². The van der Waals surface area contributed by atoms with E-state index in [1.807, 2.05) is 30.4 Å². The van der Waals surface area contributed by atoms with Crippen LogP contribution in [0.25, 0.3) is 11.0 Å². The third-order valence-corrected chi connectivity index (χ3v) is 3.81. The Morgan fingerprint density at radius 2 is 1.96 bits per heavy atom. The van der Waals surface area contributed by atoms with Crippen LogP contribution >= 0.6 is 0 Å². The number of methoxy groups -OCH3 is 1. The number of hydrogen-bond acceptors (Lipinski definition) is 5. The molecule has 3 N–H and O–H groups in total. The van der Waals surface area contributed by atoms with Crippen LogP contribution in [0.3, 0.4) is 0 Å². The maximum Gasteiger partial charge on any atom is 0.354 e. The molecule has 7 nitrogen and oxygen atoms in total. The number of nitrogens with zero attached hydrogens (tertiary/aromatic N) is 1. The van der Waals surface area contributed by atoms with E-state index in [1.54, 1.807) is 19.3 Å². The van der Waals surface area contributed by atoms with E-state index in [2.05, 4.69) is 20.6 Å². The molecule has 0 radical (unpaired) electrons. The topological polar surface area (TPSA) is 96.1 Å². The van der Waals surface area contributed by atoms with E-state index in [9.17, 15) is 9.59 Å². The van der Waals surface area contributed by atoms with Crippen LogP contribution in [-0.2, 0) is 9.53 Å². The lowest BCUT2D eigenvalue weighted by atomic mass is 10.00. The first-order chi connectivity index (χ1) is 11.6. The Balaban J connectivity index is 1.73. The lowest BCUT2D eigenvalue weighted by Gasteiger charge is -2.18. The van der Waals surface area contributed by atoms with Crippen LogP contribution in [0.5, 0.6) is 0 Å². The molecule has 0 aromatic carbocycles. The van der Waals surface area contributed by atoms with Gasteiger partial charge in [-0.1, -0.05) is 24.3 Å². The summed E-state index contributed by atoms with van der Waals surface area (Å²) in [6.07, 6.45) is 9.26. The molecule has 124 valence electrons. The van der Waals surface area contributed by atoms with Crippen LogP contribution in [0.1, 0.15) is 10.5 Å². The number of carbonyl (C=O) groups is 2. The number of aromatic nitrogens is 2. The third-order valence-electron chi connectivity index (χ3n) is 3.81. The number of aromatic amines is 1. The predicted molar refractivity (Wildman–Crippen MR) is 90.7 cm³/mol. The van der Waals surface area contributed by atoms with Gasteiger partial charge in [0.05, 0.1) is 31.0 Å². The first-order valence-electron chi connectivity index (χ1n) is 7.52. The number of hydrogen-bond donors (Lipinski definition) is 3. The first-order valence-corrected chi connectivity index (χ1v) is 7.52. The number of fused-ring (bicyclic) bond motifs is 1. The maximum absolute atomic E-state index is 11.6. The van der Waals surface area contributed by atoms with Gasteiger partial charge in [0.15, 0.2) is 0 Å². The van der Waals surface area contributed by atoms with Crippen LogP contribution in [0.4, 0.5) is 5.69 Å². The minimum atomic E-state index is -0.430. The number of rotatable bonds is 4. The summed E-state index contributed by atoms with van der Waals surface area (Å²) in [6, 6.07) is 3.58. The van der Waals surface area contributed by atoms with Gasteiger partial charge in [0.2, 0.25) is 5.91 Å². The van der Waals surface area contributed by atoms with E-state index in [4.69, 9.17) is 4.74 Å². The van der Waals surface area contributed by atoms with Crippen molar-refractivity contribution in [2.75, 3.05) is 19.5 Å². The zero-order chi connectivity index (χ0) is 17.1. The molecule has 2 aromatic heterocycles. The van der Waals surface area contributed by atoms with Crippen molar-refractivity contribution >= 4 is 28.6 Å². The summed E-state index contributed by atoms with van der Waals surface area (Å²) in [4.78, 5) is 30.3. The number of amides is 1. The van der Waals surface area contributed by atoms with Crippen LogP contribution in [0.15, 0.2) is 42.6 Å². The molecule has 1 amide bonds. The van der Waals surface area contributed by atoms with E-state index < -0.39 is 5.97 Å². The Kier molecular flexibility index (Phi) is 4.33. The summed E-state index contributed by atoms with van der Waals surface area (Å²) in [5, 5.41) is 6.74. The van der Waals surface area contributed by atoms with Crippen molar-refractivity contribution in [3.8, 4) is 0 Å². The lowest BCUT2D eigenvalue weighted by molar-refractivity contribution is -0.121. The Morgan fingerprint density at radius 3 is 2.62 bits per heavy atom. The number of ether oxygens (including phenoxy) is 1. The first kappa shape index (κ1) is 15.8. The van der Waals surface area contributed by atoms with Gasteiger partial charge >= 0.3 is 5.97 Å². The van der Waals surface area contributed by atoms with Crippen molar-refractivity contribution in [1.29, 1.82) is 0 Å². The zero-order valence-electron chi connectivity index (χ0n) is 13.4. The molecule has 0 atom stereocenters. The Labute approximate surface area is 138 Å². The van der Waals surface area contributed by atoms with E-state index in [-0.39, 0.29) is 17.9 Å². The highest BCUT2D eigenvalue weighted by molar-refractivity contribution is 5.94. The molecule has 3 rings (SSSR count). The summed E-state index contributed by atoms with van der Waals surface area (Å²) < 4.78 is 4.69. The van der Waals surface area contributed by atoms with Gasteiger partial charge < -0.3 is 20.4 Å². The molecule has 0 unspecified atom stereocenters. The minimum Gasteiger partial charge on any atom is -0.464 e. The van der Waals surface area contributed by atoms with Gasteiger partial charge in [0.1, 0.15) is 11.3 Å². The van der Waals surface area contributed by atoms with Gasteiger partial charge in [0.25, 0.3) is 0 Å². The molecule has 0 aliphatic heterocycles. The monoisotopic (exact) mass is 326 g/mol. The summed E-state index contributed by atoms with van der Waals surface area (Å²) in [7, 11) is 2.96. The van der Waals surface area contributed by atoms with Crippen LogP contribution in [0, 0.1) is 5.92 Å². The number of nitrogens with one attached hydrogen (secondary N) is 3. The minimum absolute atomic E-state index is 0.0239. The molecule has 0 saturated carbocycles. The molecule has 2 aromatic rings. The van der Waals surface area contributed by atoms with Crippen molar-refractivity contribution in [3.05, 3.63) is 48.3 Å². The average molecular weight is 326 g/mol. The maximum atomic E-state index is 11.6. The normalized spacial score (nSPS) is 19.2. The molecule has 0 fully saturated rings. The third kappa shape index (κ3) is 3.15. The number of esters is 1. The SMILES string of the molecule is CNC(=O)C1C=CC(Nc2cnc3[nH]c(C(=O)OC)cc3c2)C=C1. The zero-order valence-corrected chi connectivity index (χ0v) is 13.4. The van der Waals surface area contributed by atoms with E-state index in [0.717, 1.165) is 11.1 Å². The molecule has 0 saturated heterocycles. The molecule has 2 heterocycles. The average Bonchev–Trinajstić information content (AvgIpc) is 3.04. The Hall–Kier alpha value is -3.09. The second kappa shape index (κ2) is 6.57. The highest BCUT2D eigenvalue weighted by atomic mass is 16.5. The quantitative estimate of drug-likeness (QED) is 0.586. The predicted octanol–water partition coefficient (Wildman–Crippen LogP) is 1.62. The van der Waals surface area contributed by atoms with Gasteiger partial charge in [-0.15, -0.1) is 0 Å². The van der Waals surface area contributed by atoms with Gasteiger partial charge in [-0.25, -0.2) is 9.78 Å². The van der Waals surface area contributed by atoms with Gasteiger partial charge in [-0.2, -0.15) is 0 Å². The van der Waals surface area contributed by atoms with E-state index in [0.29, 0.717) is 11.3 Å². The van der Waals surface area contributed by atoms with Crippen molar-refractivity contribution in [1.82, 2.24) is 15.3 Å². The fourth-order valence-electron chi connectivity index (χ4n) is 2.55. The number of anilines is 1. The van der Waals surface area contributed by atoms with Crippen molar-refractivity contribution in [2.45, 2.75) is 6.04 Å². The molecular weight excluding hydrogens is 308 g/mol. The van der Waals surface area contributed by atoms with Crippen molar-refractivity contribution < 1.29 is 14.3 Å². The van der Waals surface area contributed by atoms with E-state index >= 15 is 0 Å². The van der Waals surface area contributed by atoms with Gasteiger partial charge in [-0.3, -0.25) is 4.79 Å². The number of pyridine rings is 1. The summed E-state index contributed by atoms with van der Waals surface area (Å²) in [5.74, 6) is -0.700. The molecular formula is C17H18N4O3. The molecule has 1 aliphatic rings. The van der Waals surface area contributed by atoms with Crippen molar-refractivity contribution in [3.63, 3.8) is 0 Å². The number of carbonyl (C=O) groups excluding carboxylic acids is 2. The molecule has 0 spiro atoms. The lowest BCUT2D eigenvalue weighted by Crippen LogP contribution is -2.27. The second-order valence-electron chi connectivity index (χ2n) is 5.42. The Bertz CT molecular complexity index is 823.